The van der Waals surface area contributed by atoms with Crippen LogP contribution in [0.15, 0.2) is 0 Å². The summed E-state index contributed by atoms with van der Waals surface area (Å²) < 4.78 is 19.3. The molecule has 1 amide bonds. The quantitative estimate of drug-likeness (QED) is 0.805. The molecule has 0 radical (unpaired) electrons. The van der Waals surface area contributed by atoms with Crippen LogP contribution >= 0.6 is 0 Å². The average molecular weight is 247 g/mol. The van der Waals surface area contributed by atoms with Gasteiger partial charge in [0.2, 0.25) is 5.91 Å². The highest BCUT2D eigenvalue weighted by Gasteiger charge is 2.33. The number of nitrogens with zero attached hydrogens (tertiary/aromatic N) is 1. The van der Waals surface area contributed by atoms with Crippen LogP contribution in [0.1, 0.15) is 27.2 Å². The minimum atomic E-state index is -1.14. The molecule has 1 aliphatic heterocycles. The number of piperidine rings is 1. The van der Waals surface area contributed by atoms with Gasteiger partial charge < -0.3 is 14.7 Å². The molecule has 5 heteroatoms. The molecule has 0 unspecified atom stereocenters. The molecule has 0 aromatic heterocycles. The van der Waals surface area contributed by atoms with E-state index in [-0.39, 0.29) is 25.2 Å². The number of carbonyl (C=O) groups excluding carboxylic acids is 1. The van der Waals surface area contributed by atoms with Crippen molar-refractivity contribution in [2.45, 2.75) is 45.6 Å². The first-order chi connectivity index (χ1) is 7.95. The first kappa shape index (κ1) is 14.4. The second-order valence-corrected chi connectivity index (χ2v) is 4.90. The topological polar surface area (TPSA) is 49.8 Å². The van der Waals surface area contributed by atoms with E-state index in [1.165, 1.54) is 4.90 Å². The van der Waals surface area contributed by atoms with Crippen LogP contribution in [0.5, 0.6) is 0 Å². The first-order valence-electron chi connectivity index (χ1n) is 6.14. The van der Waals surface area contributed by atoms with Gasteiger partial charge in [0.25, 0.3) is 0 Å². The van der Waals surface area contributed by atoms with Gasteiger partial charge in [-0.3, -0.25) is 4.79 Å². The third-order valence-corrected chi connectivity index (χ3v) is 2.94. The molecule has 4 nitrogen and oxygen atoms in total. The van der Waals surface area contributed by atoms with Gasteiger partial charge in [-0.15, -0.1) is 0 Å². The lowest BCUT2D eigenvalue weighted by atomic mass is 10.0. The Morgan fingerprint density at radius 3 is 2.65 bits per heavy atom. The van der Waals surface area contributed by atoms with Crippen molar-refractivity contribution in [1.29, 1.82) is 0 Å². The summed E-state index contributed by atoms with van der Waals surface area (Å²) in [6, 6.07) is 0. The monoisotopic (exact) mass is 247 g/mol. The average Bonchev–Trinajstić information content (AvgIpc) is 2.29. The number of aliphatic hydroxyl groups is 1. The highest BCUT2D eigenvalue weighted by molar-refractivity contribution is 5.78. The molecular formula is C12H22FNO3. The molecule has 0 spiro atoms. The maximum atomic E-state index is 13.8. The predicted molar refractivity (Wildman–Crippen MR) is 62.4 cm³/mol. The number of likely N-dealkylation sites (tertiary alicyclic amines) is 1. The van der Waals surface area contributed by atoms with Crippen LogP contribution in [0.25, 0.3) is 0 Å². The van der Waals surface area contributed by atoms with Crippen LogP contribution < -0.4 is 0 Å². The van der Waals surface area contributed by atoms with E-state index in [0.29, 0.717) is 13.0 Å². The zero-order valence-corrected chi connectivity index (χ0v) is 10.7. The normalized spacial score (nSPS) is 27.3. The van der Waals surface area contributed by atoms with Crippen molar-refractivity contribution in [3.63, 3.8) is 0 Å². The second kappa shape index (κ2) is 6.31. The Morgan fingerprint density at radius 1 is 1.53 bits per heavy atom. The van der Waals surface area contributed by atoms with Crippen molar-refractivity contribution in [2.75, 3.05) is 19.7 Å². The largest absolute Gasteiger partial charge is 0.396 e. The van der Waals surface area contributed by atoms with Crippen molar-refractivity contribution in [1.82, 2.24) is 4.90 Å². The van der Waals surface area contributed by atoms with Gasteiger partial charge in [0, 0.05) is 6.54 Å². The maximum absolute atomic E-state index is 13.8. The predicted octanol–water partition coefficient (Wildman–Crippen LogP) is 0.979. The molecule has 3 atom stereocenters. The van der Waals surface area contributed by atoms with Crippen molar-refractivity contribution in [3.8, 4) is 0 Å². The van der Waals surface area contributed by atoms with E-state index in [1.807, 2.05) is 13.8 Å². The Labute approximate surface area is 102 Å². The van der Waals surface area contributed by atoms with Crippen LogP contribution in [0, 0.1) is 5.92 Å². The Hall–Kier alpha value is -0.680. The van der Waals surface area contributed by atoms with Crippen LogP contribution in [0.2, 0.25) is 0 Å². The van der Waals surface area contributed by atoms with E-state index in [1.54, 1.807) is 6.92 Å². The summed E-state index contributed by atoms with van der Waals surface area (Å²) in [5.41, 5.74) is 0. The van der Waals surface area contributed by atoms with E-state index in [0.717, 1.165) is 0 Å². The van der Waals surface area contributed by atoms with Crippen molar-refractivity contribution in [3.05, 3.63) is 0 Å². The number of hydrogen-bond donors (Lipinski definition) is 1. The molecule has 1 saturated heterocycles. The van der Waals surface area contributed by atoms with Crippen molar-refractivity contribution >= 4 is 5.91 Å². The maximum Gasteiger partial charge on any atom is 0.227 e. The van der Waals surface area contributed by atoms with Crippen LogP contribution in [0.4, 0.5) is 4.39 Å². The Kier molecular flexibility index (Phi) is 5.33. The lowest BCUT2D eigenvalue weighted by Gasteiger charge is -2.36. The number of alkyl halides is 1. The number of halogens is 1. The van der Waals surface area contributed by atoms with E-state index in [4.69, 9.17) is 9.84 Å². The number of amides is 1. The molecule has 1 rings (SSSR count). The van der Waals surface area contributed by atoms with Gasteiger partial charge >= 0.3 is 0 Å². The van der Waals surface area contributed by atoms with Crippen LogP contribution in [0.3, 0.4) is 0 Å². The smallest absolute Gasteiger partial charge is 0.227 e. The summed E-state index contributed by atoms with van der Waals surface area (Å²) in [7, 11) is 0. The summed E-state index contributed by atoms with van der Waals surface area (Å²) in [6.45, 7) is 5.77. The summed E-state index contributed by atoms with van der Waals surface area (Å²) in [4.78, 5) is 13.2. The van der Waals surface area contributed by atoms with Gasteiger partial charge in [0.15, 0.2) is 0 Å². The molecule has 0 aromatic rings. The molecular weight excluding hydrogens is 225 g/mol. The molecule has 1 heterocycles. The highest BCUT2D eigenvalue weighted by Crippen LogP contribution is 2.20. The van der Waals surface area contributed by atoms with Gasteiger partial charge in [-0.25, -0.2) is 4.39 Å². The van der Waals surface area contributed by atoms with Crippen molar-refractivity contribution < 1.29 is 19.0 Å². The Bertz CT molecular complexity index is 260. The van der Waals surface area contributed by atoms with Crippen LogP contribution in [-0.4, -0.2) is 54.0 Å². The van der Waals surface area contributed by atoms with Crippen LogP contribution in [-0.2, 0) is 9.53 Å². The standard InChI is InChI=1S/C12H22FNO3/c1-8(2)17-11-4-5-14(6-10(11)13)12(16)9(3)7-15/h8-11,15H,4-7H2,1-3H3/t9-,10-,11+/m1/s1. The molecule has 0 saturated carbocycles. The van der Waals surface area contributed by atoms with E-state index >= 15 is 0 Å². The van der Waals surface area contributed by atoms with Gasteiger partial charge in [-0.1, -0.05) is 6.92 Å². The molecule has 100 valence electrons. The summed E-state index contributed by atoms with van der Waals surface area (Å²) in [5.74, 6) is -0.636. The number of carbonyl (C=O) groups is 1. The Balaban J connectivity index is 2.49. The third kappa shape index (κ3) is 3.92. The van der Waals surface area contributed by atoms with Gasteiger partial charge in [-0.05, 0) is 20.3 Å². The summed E-state index contributed by atoms with van der Waals surface area (Å²) >= 11 is 0. The summed E-state index contributed by atoms with van der Waals surface area (Å²) in [5, 5.41) is 8.91. The van der Waals surface area contributed by atoms with E-state index in [2.05, 4.69) is 0 Å². The van der Waals surface area contributed by atoms with Crippen molar-refractivity contribution in [2.24, 2.45) is 5.92 Å². The number of rotatable bonds is 4. The minimum absolute atomic E-state index is 0.00290. The number of aliphatic hydroxyl groups excluding tert-OH is 1. The second-order valence-electron chi connectivity index (χ2n) is 4.90. The lowest BCUT2D eigenvalue weighted by molar-refractivity contribution is -0.143. The number of hydrogen-bond acceptors (Lipinski definition) is 3. The van der Waals surface area contributed by atoms with E-state index < -0.39 is 18.2 Å². The van der Waals surface area contributed by atoms with Gasteiger partial charge in [0.05, 0.1) is 31.3 Å². The minimum Gasteiger partial charge on any atom is -0.396 e. The zero-order valence-electron chi connectivity index (χ0n) is 10.7. The fourth-order valence-corrected chi connectivity index (χ4v) is 1.98. The fraction of sp³-hybridized carbons (Fsp3) is 0.917. The SMILES string of the molecule is CC(C)O[C@H]1CCN(C(=O)[C@H](C)CO)C[C@H]1F. The van der Waals surface area contributed by atoms with Gasteiger partial charge in [0.1, 0.15) is 6.17 Å². The highest BCUT2D eigenvalue weighted by atomic mass is 19.1. The molecule has 1 fully saturated rings. The third-order valence-electron chi connectivity index (χ3n) is 2.94. The molecule has 0 bridgehead atoms. The molecule has 17 heavy (non-hydrogen) atoms. The number of ether oxygens (including phenoxy) is 1. The van der Waals surface area contributed by atoms with E-state index in [9.17, 15) is 9.18 Å². The zero-order chi connectivity index (χ0) is 13.0. The Morgan fingerprint density at radius 2 is 2.18 bits per heavy atom. The van der Waals surface area contributed by atoms with Gasteiger partial charge in [-0.2, -0.15) is 0 Å². The molecule has 0 aromatic carbocycles. The first-order valence-corrected chi connectivity index (χ1v) is 6.14. The fourth-order valence-electron chi connectivity index (χ4n) is 1.98. The molecule has 0 aliphatic carbocycles. The lowest BCUT2D eigenvalue weighted by Crippen LogP contribution is -2.50. The molecule has 1 N–H and O–H groups in total. The summed E-state index contributed by atoms with van der Waals surface area (Å²) in [6.07, 6.45) is -1.04. The molecule has 1 aliphatic rings.